The number of thiophene rings is 1. The summed E-state index contributed by atoms with van der Waals surface area (Å²) < 4.78 is 26.9. The smallest absolute Gasteiger partial charge is 0.250 e. The molecule has 0 radical (unpaired) electrons. The first-order valence-corrected chi connectivity index (χ1v) is 11.5. The average Bonchev–Trinajstić information content (AvgIpc) is 3.34. The topological polar surface area (TPSA) is 84.0 Å². The summed E-state index contributed by atoms with van der Waals surface area (Å²) in [4.78, 5) is 8.82. The van der Waals surface area contributed by atoms with Gasteiger partial charge in [-0.25, -0.2) is 18.1 Å². The van der Waals surface area contributed by atoms with Gasteiger partial charge in [0.15, 0.2) is 5.13 Å². The lowest BCUT2D eigenvalue weighted by molar-refractivity contribution is 0.577. The second-order valence-corrected chi connectivity index (χ2v) is 9.37. The monoisotopic (exact) mass is 444 g/mol. The molecule has 3 aromatic rings. The number of nitrogens with zero attached hydrogens (tertiary/aromatic N) is 2. The summed E-state index contributed by atoms with van der Waals surface area (Å²) in [6.45, 7) is 1.27. The first-order chi connectivity index (χ1) is 12.6. The van der Waals surface area contributed by atoms with E-state index in [1.807, 2.05) is 23.6 Å². The van der Waals surface area contributed by atoms with Crippen molar-refractivity contribution in [2.75, 3.05) is 18.4 Å². The predicted molar refractivity (Wildman–Crippen MR) is 114 cm³/mol. The van der Waals surface area contributed by atoms with Crippen LogP contribution in [0, 0.1) is 0 Å². The van der Waals surface area contributed by atoms with E-state index in [0.717, 1.165) is 42.3 Å². The van der Waals surface area contributed by atoms with Gasteiger partial charge in [0.25, 0.3) is 0 Å². The molecule has 2 N–H and O–H groups in total. The maximum absolute atomic E-state index is 12.0. The number of thiazole rings is 1. The van der Waals surface area contributed by atoms with E-state index in [2.05, 4.69) is 20.0 Å². The zero-order valence-electron chi connectivity index (χ0n) is 14.5. The molecule has 0 aliphatic carbocycles. The molecule has 10 heteroatoms. The van der Waals surface area contributed by atoms with Crippen molar-refractivity contribution >= 4 is 50.2 Å². The fourth-order valence-electron chi connectivity index (χ4n) is 2.30. The molecule has 0 bridgehead atoms. The zero-order valence-corrected chi connectivity index (χ0v) is 17.8. The van der Waals surface area contributed by atoms with E-state index in [4.69, 9.17) is 0 Å². The first-order valence-electron chi connectivity index (χ1n) is 8.29. The number of nitrogens with one attached hydrogen (secondary N) is 2. The molecule has 0 spiro atoms. The molecule has 0 amide bonds. The maximum atomic E-state index is 12.0. The van der Waals surface area contributed by atoms with Crippen molar-refractivity contribution in [2.45, 2.75) is 23.5 Å². The molecule has 0 aliphatic heterocycles. The molecule has 0 fully saturated rings. The average molecular weight is 445 g/mol. The summed E-state index contributed by atoms with van der Waals surface area (Å²) in [6, 6.07) is 9.13. The Kier molecular flexibility index (Phi) is 8.65. The third kappa shape index (κ3) is 6.54. The van der Waals surface area contributed by atoms with Crippen molar-refractivity contribution in [2.24, 2.45) is 0 Å². The molecule has 146 valence electrons. The van der Waals surface area contributed by atoms with E-state index in [-0.39, 0.29) is 12.4 Å². The van der Waals surface area contributed by atoms with E-state index < -0.39 is 10.0 Å². The van der Waals surface area contributed by atoms with Crippen molar-refractivity contribution in [3.05, 3.63) is 47.3 Å². The van der Waals surface area contributed by atoms with Gasteiger partial charge >= 0.3 is 0 Å². The number of hydrogen-bond acceptors (Lipinski definition) is 7. The van der Waals surface area contributed by atoms with Gasteiger partial charge in [-0.2, -0.15) is 0 Å². The van der Waals surface area contributed by atoms with Crippen LogP contribution in [0.3, 0.4) is 0 Å². The Balaban J connectivity index is 0.00000261. The Morgan fingerprint density at radius 2 is 1.81 bits per heavy atom. The zero-order chi connectivity index (χ0) is 18.2. The van der Waals surface area contributed by atoms with Crippen molar-refractivity contribution in [3.8, 4) is 11.4 Å². The fraction of sp³-hybridized carbons (Fsp3) is 0.294. The van der Waals surface area contributed by atoms with Crippen LogP contribution in [0.15, 0.2) is 51.5 Å². The lowest BCUT2D eigenvalue weighted by atomic mass is 10.2. The summed E-state index contributed by atoms with van der Waals surface area (Å²) in [5.74, 6) is 0. The highest BCUT2D eigenvalue weighted by Crippen LogP contribution is 2.23. The van der Waals surface area contributed by atoms with E-state index in [0.29, 0.717) is 10.8 Å². The third-order valence-electron chi connectivity index (χ3n) is 3.61. The van der Waals surface area contributed by atoms with Crippen molar-refractivity contribution < 1.29 is 8.42 Å². The lowest BCUT2D eigenvalue weighted by Gasteiger charge is -2.05. The van der Waals surface area contributed by atoms with Gasteiger partial charge in [-0.3, -0.25) is 4.98 Å². The van der Waals surface area contributed by atoms with Crippen LogP contribution in [0.25, 0.3) is 11.4 Å². The predicted octanol–water partition coefficient (Wildman–Crippen LogP) is 4.25. The van der Waals surface area contributed by atoms with Crippen LogP contribution >= 0.6 is 35.1 Å². The molecule has 0 aliphatic rings. The molecule has 3 heterocycles. The minimum atomic E-state index is -3.34. The number of halogens is 1. The lowest BCUT2D eigenvalue weighted by Crippen LogP contribution is -2.24. The van der Waals surface area contributed by atoms with Crippen LogP contribution in [0.1, 0.15) is 19.3 Å². The Labute approximate surface area is 173 Å². The van der Waals surface area contributed by atoms with Crippen molar-refractivity contribution in [1.82, 2.24) is 14.7 Å². The van der Waals surface area contributed by atoms with Gasteiger partial charge in [-0.15, -0.1) is 35.1 Å². The van der Waals surface area contributed by atoms with Crippen molar-refractivity contribution in [3.63, 3.8) is 0 Å². The highest BCUT2D eigenvalue weighted by atomic mass is 35.5. The molecule has 0 saturated heterocycles. The molecule has 0 saturated carbocycles. The Hall–Kier alpha value is -1.52. The first kappa shape index (κ1) is 21.8. The van der Waals surface area contributed by atoms with Gasteiger partial charge in [-0.1, -0.05) is 18.6 Å². The number of pyridine rings is 1. The highest BCUT2D eigenvalue weighted by Gasteiger charge is 2.13. The van der Waals surface area contributed by atoms with E-state index in [1.54, 1.807) is 35.0 Å². The van der Waals surface area contributed by atoms with Gasteiger partial charge < -0.3 is 5.32 Å². The minimum Gasteiger partial charge on any atom is -0.362 e. The number of sulfonamides is 1. The Morgan fingerprint density at radius 1 is 0.963 bits per heavy atom. The van der Waals surface area contributed by atoms with E-state index in [9.17, 15) is 8.42 Å². The van der Waals surface area contributed by atoms with E-state index in [1.165, 1.54) is 11.3 Å². The molecule has 3 rings (SSSR count). The fourth-order valence-corrected chi connectivity index (χ4v) is 5.15. The SMILES string of the molecule is Cl.O=S(=O)(NCCCCCNc1nc(-c2ccccn2)cs1)c1cccs1. The number of aromatic nitrogens is 2. The largest absolute Gasteiger partial charge is 0.362 e. The summed E-state index contributed by atoms with van der Waals surface area (Å²) in [7, 11) is -3.34. The number of unbranched alkanes of at least 4 members (excludes halogenated alkanes) is 2. The number of rotatable bonds is 10. The standard InChI is InChI=1S/C17H20N4O2S3.ClH/c22-26(23,16-8-6-12-24-16)20-11-4-1-3-10-19-17-21-15(13-25-17)14-7-2-5-9-18-14;/h2,5-9,12-13,20H,1,3-4,10-11H2,(H,19,21);1H. The van der Waals surface area contributed by atoms with Crippen LogP contribution in [-0.4, -0.2) is 31.5 Å². The normalized spacial score (nSPS) is 11.1. The number of anilines is 1. The Morgan fingerprint density at radius 3 is 2.56 bits per heavy atom. The molecule has 27 heavy (non-hydrogen) atoms. The molecular formula is C17H21ClN4O2S3. The van der Waals surface area contributed by atoms with Crippen LogP contribution in [-0.2, 0) is 10.0 Å². The van der Waals surface area contributed by atoms with E-state index >= 15 is 0 Å². The van der Waals surface area contributed by atoms with Crippen molar-refractivity contribution in [1.29, 1.82) is 0 Å². The van der Waals surface area contributed by atoms with Gasteiger partial charge in [0.05, 0.1) is 5.69 Å². The third-order valence-corrected chi connectivity index (χ3v) is 7.27. The summed E-state index contributed by atoms with van der Waals surface area (Å²) >= 11 is 2.79. The maximum Gasteiger partial charge on any atom is 0.250 e. The summed E-state index contributed by atoms with van der Waals surface area (Å²) in [5, 5.41) is 7.94. The molecule has 0 unspecified atom stereocenters. The summed E-state index contributed by atoms with van der Waals surface area (Å²) in [6.07, 6.45) is 4.47. The highest BCUT2D eigenvalue weighted by molar-refractivity contribution is 7.91. The van der Waals surface area contributed by atoms with Crippen LogP contribution in [0.4, 0.5) is 5.13 Å². The molecule has 6 nitrogen and oxygen atoms in total. The quantitative estimate of drug-likeness (QED) is 0.456. The van der Waals surface area contributed by atoms with Gasteiger partial charge in [0, 0.05) is 24.7 Å². The molecule has 0 atom stereocenters. The molecular weight excluding hydrogens is 424 g/mol. The summed E-state index contributed by atoms with van der Waals surface area (Å²) in [5.41, 5.74) is 1.75. The van der Waals surface area contributed by atoms with Crippen LogP contribution in [0.2, 0.25) is 0 Å². The van der Waals surface area contributed by atoms with Crippen LogP contribution < -0.4 is 10.0 Å². The second kappa shape index (κ2) is 10.7. The molecule has 3 aromatic heterocycles. The van der Waals surface area contributed by atoms with Gasteiger partial charge in [0.1, 0.15) is 9.90 Å². The van der Waals surface area contributed by atoms with Gasteiger partial charge in [-0.05, 0) is 36.4 Å². The number of hydrogen-bond donors (Lipinski definition) is 2. The van der Waals surface area contributed by atoms with Gasteiger partial charge in [0.2, 0.25) is 10.0 Å². The van der Waals surface area contributed by atoms with Crippen LogP contribution in [0.5, 0.6) is 0 Å². The second-order valence-electron chi connectivity index (χ2n) is 5.57. The Bertz CT molecular complexity index is 899. The minimum absolute atomic E-state index is 0. The molecule has 0 aromatic carbocycles.